The van der Waals surface area contributed by atoms with Crippen molar-refractivity contribution in [3.63, 3.8) is 0 Å². The van der Waals surface area contributed by atoms with Gasteiger partial charge in [0, 0.05) is 17.2 Å². The molecular formula is C32H27ClFN3O2. The van der Waals surface area contributed by atoms with Gasteiger partial charge in [-0.05, 0) is 90.1 Å². The summed E-state index contributed by atoms with van der Waals surface area (Å²) in [5.41, 5.74) is 6.38. The van der Waals surface area contributed by atoms with Crippen LogP contribution in [-0.2, 0) is 4.74 Å². The van der Waals surface area contributed by atoms with E-state index >= 15 is 4.39 Å². The molecule has 3 aromatic carbocycles. The monoisotopic (exact) mass is 539 g/mol. The molecule has 1 aromatic heterocycles. The smallest absolute Gasteiger partial charge is 0.240 e. The fraction of sp³-hybridized carbons (Fsp3) is 0.281. The molecule has 2 heterocycles. The maximum Gasteiger partial charge on any atom is 0.240 e. The Bertz CT molecular complexity index is 1620. The summed E-state index contributed by atoms with van der Waals surface area (Å²) >= 11 is 6.79. The number of hydrogen-bond acceptors (Lipinski definition) is 4. The van der Waals surface area contributed by atoms with Gasteiger partial charge in [-0.2, -0.15) is 9.65 Å². The molecule has 1 aliphatic carbocycles. The average Bonchev–Trinajstić information content (AvgIpc) is 3.28. The molecule has 0 N–H and O–H groups in total. The first-order chi connectivity index (χ1) is 19.1. The number of allylic oxidation sites excluding steroid dienone is 1. The van der Waals surface area contributed by atoms with E-state index in [4.69, 9.17) is 16.3 Å². The van der Waals surface area contributed by atoms with E-state index in [1.807, 2.05) is 36.4 Å². The molecule has 1 unspecified atom stereocenters. The lowest BCUT2D eigenvalue weighted by atomic mass is 9.73. The zero-order valence-corrected chi connectivity index (χ0v) is 22.1. The van der Waals surface area contributed by atoms with E-state index in [1.165, 1.54) is 0 Å². The number of nitrogens with zero attached hydrogens (tertiary/aromatic N) is 3. The Hall–Kier alpha value is -3.79. The first kappa shape index (κ1) is 25.5. The third-order valence-electron chi connectivity index (χ3n) is 7.88. The van der Waals surface area contributed by atoms with E-state index in [-0.39, 0.29) is 12.1 Å². The number of hydrogen-bond donors (Lipinski definition) is 0. The Morgan fingerprint density at radius 3 is 2.46 bits per heavy atom. The topological polar surface area (TPSA) is 67.9 Å². The van der Waals surface area contributed by atoms with Gasteiger partial charge in [-0.1, -0.05) is 54.4 Å². The highest BCUT2D eigenvalue weighted by Gasteiger charge is 2.29. The first-order valence-electron chi connectivity index (χ1n) is 13.4. The van der Waals surface area contributed by atoms with Gasteiger partial charge < -0.3 is 4.74 Å². The lowest BCUT2D eigenvalue weighted by molar-refractivity contribution is -0.0375. The van der Waals surface area contributed by atoms with Crippen molar-refractivity contribution in [2.45, 2.75) is 44.8 Å². The highest BCUT2D eigenvalue weighted by atomic mass is 35.5. The van der Waals surface area contributed by atoms with Gasteiger partial charge in [0.15, 0.2) is 6.23 Å². The summed E-state index contributed by atoms with van der Waals surface area (Å²) in [6.45, 7) is 0.644. The normalized spacial score (nSPS) is 18.3. The fourth-order valence-corrected chi connectivity index (χ4v) is 5.94. The molecule has 39 heavy (non-hydrogen) atoms. The largest absolute Gasteiger partial charge is 0.356 e. The molecule has 1 aliphatic heterocycles. The Kier molecular flexibility index (Phi) is 7.03. The average molecular weight is 540 g/mol. The van der Waals surface area contributed by atoms with Crippen LogP contribution in [0.2, 0.25) is 5.02 Å². The van der Waals surface area contributed by atoms with Gasteiger partial charge in [0.1, 0.15) is 6.29 Å². The number of rotatable bonds is 6. The van der Waals surface area contributed by atoms with Gasteiger partial charge in [0.25, 0.3) is 0 Å². The zero-order chi connectivity index (χ0) is 26.9. The zero-order valence-electron chi connectivity index (χ0n) is 21.4. The van der Waals surface area contributed by atoms with Crippen LogP contribution in [0.1, 0.15) is 77.4 Å². The van der Waals surface area contributed by atoms with Crippen LogP contribution in [0.3, 0.4) is 0 Å². The number of benzene rings is 3. The van der Waals surface area contributed by atoms with Crippen LogP contribution < -0.4 is 0 Å². The molecule has 0 amide bonds. The van der Waals surface area contributed by atoms with Crippen LogP contribution >= 0.6 is 11.6 Å². The molecule has 196 valence electrons. The second-order valence-electron chi connectivity index (χ2n) is 10.3. The molecule has 0 bridgehead atoms. The summed E-state index contributed by atoms with van der Waals surface area (Å²) in [6, 6.07) is 20.7. The number of carbonyl (C=O) groups is 1. The number of ether oxygens (including phenoxy) is 1. The van der Waals surface area contributed by atoms with Crippen molar-refractivity contribution in [1.82, 2.24) is 9.78 Å². The van der Waals surface area contributed by atoms with Crippen molar-refractivity contribution in [1.29, 1.82) is 5.26 Å². The Balaban J connectivity index is 1.58. The number of halogens is 2. The molecule has 4 aromatic rings. The van der Waals surface area contributed by atoms with E-state index in [0.717, 1.165) is 72.6 Å². The summed E-state index contributed by atoms with van der Waals surface area (Å²) in [7, 11) is 0. The highest BCUT2D eigenvalue weighted by Crippen LogP contribution is 2.47. The Morgan fingerprint density at radius 2 is 1.82 bits per heavy atom. The van der Waals surface area contributed by atoms with Crippen LogP contribution in [0.5, 0.6) is 0 Å². The standard InChI is InChI=1S/C32H27ClFN3O2/c33-27-16-21(18-35)9-13-25(27)31(22-4-3-5-22)30(23-10-7-20(19-38)8-11-23)24-12-14-28-26(17-24)32(34)36-37(28)29-6-1-2-15-39-29/h7-14,16-17,19,22,29H,1-6,15H2/b31-30+. The van der Waals surface area contributed by atoms with Crippen LogP contribution in [0.15, 0.2) is 60.7 Å². The number of fused-ring (bicyclic) bond motifs is 1. The van der Waals surface area contributed by atoms with E-state index in [0.29, 0.717) is 33.7 Å². The third-order valence-corrected chi connectivity index (χ3v) is 8.20. The fourth-order valence-electron chi connectivity index (χ4n) is 5.66. The molecular weight excluding hydrogens is 513 g/mol. The van der Waals surface area contributed by atoms with Crippen LogP contribution in [0, 0.1) is 23.2 Å². The number of aromatic nitrogens is 2. The minimum Gasteiger partial charge on any atom is -0.356 e. The van der Waals surface area contributed by atoms with Crippen molar-refractivity contribution in [3.05, 3.63) is 99.5 Å². The van der Waals surface area contributed by atoms with Crippen molar-refractivity contribution in [3.8, 4) is 6.07 Å². The molecule has 2 fully saturated rings. The van der Waals surface area contributed by atoms with E-state index in [9.17, 15) is 10.1 Å². The lowest BCUT2D eigenvalue weighted by Crippen LogP contribution is -2.19. The summed E-state index contributed by atoms with van der Waals surface area (Å²) in [5.74, 6) is -0.270. The number of aldehydes is 1. The summed E-state index contributed by atoms with van der Waals surface area (Å²) in [6.07, 6.45) is 6.50. The Morgan fingerprint density at radius 1 is 1.03 bits per heavy atom. The van der Waals surface area contributed by atoms with Crippen molar-refractivity contribution in [2.24, 2.45) is 5.92 Å². The second kappa shape index (κ2) is 10.8. The minimum absolute atomic E-state index is 0.259. The molecule has 1 saturated carbocycles. The number of nitriles is 1. The minimum atomic E-state index is -0.529. The first-order valence-corrected chi connectivity index (χ1v) is 13.7. The maximum absolute atomic E-state index is 15.3. The van der Waals surface area contributed by atoms with Crippen molar-refractivity contribution < 1.29 is 13.9 Å². The van der Waals surface area contributed by atoms with Crippen LogP contribution in [0.4, 0.5) is 4.39 Å². The molecule has 2 aliphatic rings. The van der Waals surface area contributed by atoms with Crippen LogP contribution in [0.25, 0.3) is 22.0 Å². The molecule has 1 atom stereocenters. The van der Waals surface area contributed by atoms with Crippen LogP contribution in [-0.4, -0.2) is 22.7 Å². The van der Waals surface area contributed by atoms with Gasteiger partial charge in [0.2, 0.25) is 5.95 Å². The summed E-state index contributed by atoms with van der Waals surface area (Å²) in [5, 5.41) is 14.6. The molecule has 7 heteroatoms. The van der Waals surface area contributed by atoms with E-state index in [1.54, 1.807) is 28.9 Å². The van der Waals surface area contributed by atoms with E-state index < -0.39 is 5.95 Å². The molecule has 6 rings (SSSR count). The number of carbonyl (C=O) groups excluding carboxylic acids is 1. The van der Waals surface area contributed by atoms with Gasteiger partial charge in [-0.3, -0.25) is 4.79 Å². The van der Waals surface area contributed by atoms with E-state index in [2.05, 4.69) is 11.2 Å². The summed E-state index contributed by atoms with van der Waals surface area (Å²) in [4.78, 5) is 11.4. The van der Waals surface area contributed by atoms with Gasteiger partial charge in [-0.25, -0.2) is 4.68 Å². The predicted molar refractivity (Wildman–Crippen MR) is 150 cm³/mol. The van der Waals surface area contributed by atoms with Crippen molar-refractivity contribution in [2.75, 3.05) is 6.61 Å². The van der Waals surface area contributed by atoms with Gasteiger partial charge >= 0.3 is 0 Å². The molecule has 1 saturated heterocycles. The third kappa shape index (κ3) is 4.78. The van der Waals surface area contributed by atoms with Crippen molar-refractivity contribution >= 4 is 39.9 Å². The summed E-state index contributed by atoms with van der Waals surface area (Å²) < 4.78 is 22.9. The predicted octanol–water partition coefficient (Wildman–Crippen LogP) is 7.97. The van der Waals surface area contributed by atoms with Gasteiger partial charge in [-0.15, -0.1) is 5.10 Å². The van der Waals surface area contributed by atoms with Gasteiger partial charge in [0.05, 0.1) is 22.5 Å². The lowest BCUT2D eigenvalue weighted by Gasteiger charge is -2.32. The quantitative estimate of drug-likeness (QED) is 0.184. The second-order valence-corrected chi connectivity index (χ2v) is 10.7. The Labute approximate surface area is 231 Å². The molecule has 0 radical (unpaired) electrons. The highest BCUT2D eigenvalue weighted by molar-refractivity contribution is 6.33. The SMILES string of the molecule is N#Cc1ccc(/C(=C(\c2ccc(C=O)cc2)c2ccc3c(c2)c(F)nn3C2CCCCO2)C2CCC2)c(Cl)c1. The molecule has 5 nitrogen and oxygen atoms in total. The molecule has 0 spiro atoms. The maximum atomic E-state index is 15.3.